The van der Waals surface area contributed by atoms with Gasteiger partial charge in [0.1, 0.15) is 19.3 Å². The lowest BCUT2D eigenvalue weighted by Gasteiger charge is -2.47. The molecule has 5 atom stereocenters. The topological polar surface area (TPSA) is 147 Å². The minimum atomic E-state index is -1.13. The molecule has 172 valence electrons. The maximum atomic E-state index is 13.0. The fraction of sp³-hybridized carbons (Fsp3) is 0.524. The lowest BCUT2D eigenvalue weighted by molar-refractivity contribution is -0.194. The summed E-state index contributed by atoms with van der Waals surface area (Å²) in [5.74, 6) is -3.12. The van der Waals surface area contributed by atoms with E-state index in [9.17, 15) is 24.3 Å². The number of carbonyl (C=O) groups is 4. The van der Waals surface area contributed by atoms with Crippen LogP contribution in [-0.4, -0.2) is 66.5 Å². The highest BCUT2D eigenvalue weighted by Gasteiger charge is 2.54. The number of hydrogen-bond donors (Lipinski definition) is 2. The van der Waals surface area contributed by atoms with Crippen LogP contribution in [0.25, 0.3) is 0 Å². The molecule has 0 spiro atoms. The molecule has 1 saturated carbocycles. The molecule has 1 fully saturated rings. The molecule has 1 amide bonds. The Morgan fingerprint density at radius 1 is 1.00 bits per heavy atom. The summed E-state index contributed by atoms with van der Waals surface area (Å²) in [7, 11) is 0. The van der Waals surface area contributed by atoms with Crippen molar-refractivity contribution in [3.63, 3.8) is 0 Å². The second-order valence-corrected chi connectivity index (χ2v) is 7.85. The normalized spacial score (nSPS) is 27.8. The molecule has 11 nitrogen and oxygen atoms in total. The standard InChI is InChI=1S/C21H23NO10/c1-8(23)30-14-7-12-11-6-13-18(29-5-4-28-13)17(26)15(11)21(27)22-16(12)20(32-10(3)25)19(14)31-9(2)24/h6,12,14,16,19-20,26H,4-5,7H2,1-3H3,(H,22,27). The van der Waals surface area contributed by atoms with Gasteiger partial charge in [-0.2, -0.15) is 0 Å². The zero-order valence-corrected chi connectivity index (χ0v) is 17.7. The monoisotopic (exact) mass is 449 g/mol. The predicted molar refractivity (Wildman–Crippen MR) is 104 cm³/mol. The van der Waals surface area contributed by atoms with Gasteiger partial charge in [0.05, 0.1) is 11.6 Å². The molecule has 1 aromatic rings. The maximum Gasteiger partial charge on any atom is 0.303 e. The van der Waals surface area contributed by atoms with E-state index in [0.717, 1.165) is 0 Å². The summed E-state index contributed by atoms with van der Waals surface area (Å²) in [5, 5.41) is 13.5. The van der Waals surface area contributed by atoms with Crippen LogP contribution in [0, 0.1) is 0 Å². The highest BCUT2D eigenvalue weighted by Crippen LogP contribution is 2.50. The molecule has 1 aromatic carbocycles. The first-order chi connectivity index (χ1) is 15.2. The van der Waals surface area contributed by atoms with Crippen LogP contribution < -0.4 is 14.8 Å². The molecule has 2 heterocycles. The number of benzene rings is 1. The van der Waals surface area contributed by atoms with E-state index in [1.54, 1.807) is 6.07 Å². The predicted octanol–water partition coefficient (Wildman–Crippen LogP) is 0.558. The van der Waals surface area contributed by atoms with Crippen molar-refractivity contribution in [2.45, 2.75) is 57.5 Å². The summed E-state index contributed by atoms with van der Waals surface area (Å²) in [6.07, 6.45) is -3.09. The van der Waals surface area contributed by atoms with Gasteiger partial charge in [-0.25, -0.2) is 0 Å². The third-order valence-corrected chi connectivity index (χ3v) is 5.65. The van der Waals surface area contributed by atoms with E-state index in [2.05, 4.69) is 5.32 Å². The number of ether oxygens (including phenoxy) is 5. The maximum absolute atomic E-state index is 13.0. The lowest BCUT2D eigenvalue weighted by Crippen LogP contribution is -2.63. The number of esters is 3. The Morgan fingerprint density at radius 2 is 1.62 bits per heavy atom. The number of fused-ring (bicyclic) bond motifs is 4. The third-order valence-electron chi connectivity index (χ3n) is 5.65. The van der Waals surface area contributed by atoms with Crippen LogP contribution in [0.15, 0.2) is 6.07 Å². The summed E-state index contributed by atoms with van der Waals surface area (Å²) in [4.78, 5) is 48.3. The van der Waals surface area contributed by atoms with Crippen molar-refractivity contribution in [2.75, 3.05) is 13.2 Å². The molecule has 2 aliphatic heterocycles. The zero-order chi connectivity index (χ0) is 23.2. The summed E-state index contributed by atoms with van der Waals surface area (Å²) < 4.78 is 27.3. The molecule has 2 N–H and O–H groups in total. The molecule has 5 unspecified atom stereocenters. The second-order valence-electron chi connectivity index (χ2n) is 7.85. The van der Waals surface area contributed by atoms with E-state index in [1.807, 2.05) is 0 Å². The van der Waals surface area contributed by atoms with Crippen molar-refractivity contribution in [3.05, 3.63) is 17.2 Å². The number of hydrogen-bond acceptors (Lipinski definition) is 10. The van der Waals surface area contributed by atoms with Gasteiger partial charge in [-0.1, -0.05) is 0 Å². The average molecular weight is 449 g/mol. The molecule has 1 aliphatic carbocycles. The van der Waals surface area contributed by atoms with Crippen LogP contribution in [-0.2, 0) is 28.6 Å². The number of rotatable bonds is 3. The number of aromatic hydroxyl groups is 1. The van der Waals surface area contributed by atoms with Crippen LogP contribution in [0.1, 0.15) is 49.0 Å². The van der Waals surface area contributed by atoms with E-state index in [-0.39, 0.29) is 42.4 Å². The first-order valence-electron chi connectivity index (χ1n) is 10.1. The lowest BCUT2D eigenvalue weighted by atomic mass is 9.71. The first-order valence-corrected chi connectivity index (χ1v) is 10.1. The molecular weight excluding hydrogens is 426 g/mol. The third kappa shape index (κ3) is 3.78. The van der Waals surface area contributed by atoms with Crippen LogP contribution in [0.4, 0.5) is 0 Å². The number of carbonyl (C=O) groups excluding carboxylic acids is 4. The molecular formula is C21H23NO10. The number of phenolic OH excluding ortho intramolecular Hbond substituents is 1. The Labute approximate surface area is 182 Å². The van der Waals surface area contributed by atoms with E-state index in [4.69, 9.17) is 23.7 Å². The molecule has 0 radical (unpaired) electrons. The van der Waals surface area contributed by atoms with Crippen molar-refractivity contribution in [2.24, 2.45) is 0 Å². The number of phenols is 1. The summed E-state index contributed by atoms with van der Waals surface area (Å²) in [6.45, 7) is 4.06. The van der Waals surface area contributed by atoms with Crippen LogP contribution in [0.2, 0.25) is 0 Å². The molecule has 0 aromatic heterocycles. The van der Waals surface area contributed by atoms with Gasteiger partial charge in [-0.15, -0.1) is 0 Å². The summed E-state index contributed by atoms with van der Waals surface area (Å²) in [6, 6.07) is 0.791. The van der Waals surface area contributed by atoms with Crippen LogP contribution >= 0.6 is 0 Å². The average Bonchev–Trinajstić information content (AvgIpc) is 2.70. The van der Waals surface area contributed by atoms with Gasteiger partial charge in [0.2, 0.25) is 5.75 Å². The van der Waals surface area contributed by atoms with Crippen molar-refractivity contribution in [3.8, 4) is 17.2 Å². The van der Waals surface area contributed by atoms with Gasteiger partial charge in [-0.3, -0.25) is 19.2 Å². The largest absolute Gasteiger partial charge is 0.504 e. The smallest absolute Gasteiger partial charge is 0.303 e. The van der Waals surface area contributed by atoms with Crippen LogP contribution in [0.5, 0.6) is 17.2 Å². The number of amides is 1. The zero-order valence-electron chi connectivity index (χ0n) is 17.7. The fourth-order valence-corrected chi connectivity index (χ4v) is 4.62. The van der Waals surface area contributed by atoms with Gasteiger partial charge < -0.3 is 34.1 Å². The van der Waals surface area contributed by atoms with Crippen LogP contribution in [0.3, 0.4) is 0 Å². The first kappa shape index (κ1) is 21.7. The fourth-order valence-electron chi connectivity index (χ4n) is 4.62. The Hall–Kier alpha value is -3.50. The number of nitrogens with one attached hydrogen (secondary N) is 1. The molecule has 4 rings (SSSR count). The quantitative estimate of drug-likeness (QED) is 0.495. The van der Waals surface area contributed by atoms with Gasteiger partial charge in [0, 0.05) is 26.7 Å². The van der Waals surface area contributed by atoms with Gasteiger partial charge in [-0.05, 0) is 18.1 Å². The van der Waals surface area contributed by atoms with Crippen molar-refractivity contribution < 1.29 is 48.0 Å². The SMILES string of the molecule is CC(=O)OC1CC2c3cc4c(c(O)c3C(=O)NC2C(OC(C)=O)C1OC(C)=O)OCCO4. The van der Waals surface area contributed by atoms with E-state index < -0.39 is 54.1 Å². The Balaban J connectivity index is 1.83. The summed E-state index contributed by atoms with van der Waals surface area (Å²) >= 11 is 0. The molecule has 0 saturated heterocycles. The van der Waals surface area contributed by atoms with Gasteiger partial charge in [0.15, 0.2) is 23.7 Å². The van der Waals surface area contributed by atoms with Gasteiger partial charge in [0.25, 0.3) is 5.91 Å². The Bertz CT molecular complexity index is 989. The van der Waals surface area contributed by atoms with E-state index in [0.29, 0.717) is 5.56 Å². The van der Waals surface area contributed by atoms with Crippen molar-refractivity contribution >= 4 is 23.8 Å². The van der Waals surface area contributed by atoms with Gasteiger partial charge >= 0.3 is 17.9 Å². The Morgan fingerprint density at radius 3 is 2.28 bits per heavy atom. The minimum Gasteiger partial charge on any atom is -0.504 e. The van der Waals surface area contributed by atoms with Crippen molar-refractivity contribution in [1.82, 2.24) is 5.32 Å². The highest BCUT2D eigenvalue weighted by atomic mass is 16.6. The van der Waals surface area contributed by atoms with E-state index >= 15 is 0 Å². The molecule has 32 heavy (non-hydrogen) atoms. The molecule has 11 heteroatoms. The molecule has 3 aliphatic rings. The second kappa shape index (κ2) is 8.21. The Kier molecular flexibility index (Phi) is 5.57. The molecule has 0 bridgehead atoms. The van der Waals surface area contributed by atoms with E-state index in [1.165, 1.54) is 20.8 Å². The minimum absolute atomic E-state index is 0.00425. The summed E-state index contributed by atoms with van der Waals surface area (Å²) in [5.41, 5.74) is 0.431. The van der Waals surface area contributed by atoms with Crippen molar-refractivity contribution in [1.29, 1.82) is 0 Å². The highest BCUT2D eigenvalue weighted by molar-refractivity contribution is 6.01.